The summed E-state index contributed by atoms with van der Waals surface area (Å²) in [4.78, 5) is 0. The van der Waals surface area contributed by atoms with Gasteiger partial charge in [0.05, 0.1) is 5.69 Å². The highest BCUT2D eigenvalue weighted by molar-refractivity contribution is 5.51. The van der Waals surface area contributed by atoms with E-state index in [0.29, 0.717) is 6.04 Å². The van der Waals surface area contributed by atoms with Crippen LogP contribution in [0.1, 0.15) is 20.3 Å². The van der Waals surface area contributed by atoms with Gasteiger partial charge in [-0.1, -0.05) is 13.0 Å². The van der Waals surface area contributed by atoms with Crippen LogP contribution >= 0.6 is 0 Å². The first-order valence-electron chi connectivity index (χ1n) is 5.51. The van der Waals surface area contributed by atoms with Crippen molar-refractivity contribution >= 4 is 5.69 Å². The molecular formula is C12H16N4. The molecule has 1 unspecified atom stereocenters. The molecule has 0 saturated heterocycles. The van der Waals surface area contributed by atoms with Gasteiger partial charge in [0.2, 0.25) is 0 Å². The van der Waals surface area contributed by atoms with E-state index in [1.165, 1.54) is 0 Å². The minimum atomic E-state index is 0.483. The second-order valence-corrected chi connectivity index (χ2v) is 3.87. The molecule has 0 aliphatic heterocycles. The van der Waals surface area contributed by atoms with Crippen LogP contribution in [0, 0.1) is 0 Å². The number of hydrogen-bond acceptors (Lipinski definition) is 3. The summed E-state index contributed by atoms with van der Waals surface area (Å²) in [6.45, 7) is 4.34. The zero-order chi connectivity index (χ0) is 11.4. The van der Waals surface area contributed by atoms with Gasteiger partial charge in [0.15, 0.2) is 0 Å². The van der Waals surface area contributed by atoms with Crippen LogP contribution in [0.5, 0.6) is 0 Å². The van der Waals surface area contributed by atoms with Gasteiger partial charge in [-0.15, -0.1) is 10.2 Å². The maximum atomic E-state index is 3.80. The van der Waals surface area contributed by atoms with Crippen molar-refractivity contribution < 1.29 is 0 Å². The fourth-order valence-corrected chi connectivity index (χ4v) is 1.48. The molecular weight excluding hydrogens is 200 g/mol. The van der Waals surface area contributed by atoms with Gasteiger partial charge in [0.25, 0.3) is 0 Å². The van der Waals surface area contributed by atoms with Crippen LogP contribution in [0.15, 0.2) is 36.9 Å². The van der Waals surface area contributed by atoms with Gasteiger partial charge in [-0.2, -0.15) is 0 Å². The highest BCUT2D eigenvalue weighted by Crippen LogP contribution is 2.15. The molecule has 4 nitrogen and oxygen atoms in total. The molecule has 1 atom stereocenters. The van der Waals surface area contributed by atoms with Gasteiger partial charge in [-0.05, 0) is 31.5 Å². The first-order valence-corrected chi connectivity index (χ1v) is 5.51. The van der Waals surface area contributed by atoms with E-state index in [0.717, 1.165) is 17.8 Å². The average molecular weight is 216 g/mol. The molecule has 0 aliphatic rings. The Kier molecular flexibility index (Phi) is 3.19. The molecule has 4 heteroatoms. The summed E-state index contributed by atoms with van der Waals surface area (Å²) in [6, 6.07) is 8.71. The number of benzene rings is 1. The van der Waals surface area contributed by atoms with E-state index in [-0.39, 0.29) is 0 Å². The Bertz CT molecular complexity index is 436. The second kappa shape index (κ2) is 4.79. The van der Waals surface area contributed by atoms with Crippen LogP contribution in [0.2, 0.25) is 0 Å². The molecule has 84 valence electrons. The predicted octanol–water partition coefficient (Wildman–Crippen LogP) is 2.48. The predicted molar refractivity (Wildman–Crippen MR) is 64.7 cm³/mol. The number of nitrogens with one attached hydrogen (secondary N) is 1. The minimum Gasteiger partial charge on any atom is -0.383 e. The summed E-state index contributed by atoms with van der Waals surface area (Å²) in [5.74, 6) is 0. The molecule has 2 aromatic rings. The molecule has 0 saturated carbocycles. The maximum Gasteiger partial charge on any atom is 0.123 e. The Hall–Kier alpha value is -1.84. The Labute approximate surface area is 95.3 Å². The first kappa shape index (κ1) is 10.7. The Balaban J connectivity index is 2.20. The first-order chi connectivity index (χ1) is 7.79. The monoisotopic (exact) mass is 216 g/mol. The molecule has 0 amide bonds. The molecule has 0 aliphatic carbocycles. The second-order valence-electron chi connectivity index (χ2n) is 3.87. The lowest BCUT2D eigenvalue weighted by Crippen LogP contribution is -2.13. The SMILES string of the molecule is CCC(C)Nc1cccc(-n2cnnc2)c1. The van der Waals surface area contributed by atoms with Crippen molar-refractivity contribution in [1.29, 1.82) is 0 Å². The normalized spacial score (nSPS) is 12.4. The van der Waals surface area contributed by atoms with E-state index in [1.54, 1.807) is 12.7 Å². The molecule has 2 rings (SSSR count). The van der Waals surface area contributed by atoms with Crippen LogP contribution in [0.3, 0.4) is 0 Å². The molecule has 0 bridgehead atoms. The maximum absolute atomic E-state index is 3.80. The number of rotatable bonds is 4. The van der Waals surface area contributed by atoms with Crippen LogP contribution in [-0.2, 0) is 0 Å². The van der Waals surface area contributed by atoms with Crippen molar-refractivity contribution in [2.75, 3.05) is 5.32 Å². The van der Waals surface area contributed by atoms with E-state index in [1.807, 2.05) is 16.7 Å². The fraction of sp³-hybridized carbons (Fsp3) is 0.333. The van der Waals surface area contributed by atoms with Crippen molar-refractivity contribution in [2.24, 2.45) is 0 Å². The highest BCUT2D eigenvalue weighted by Gasteiger charge is 2.01. The van der Waals surface area contributed by atoms with E-state index in [2.05, 4.69) is 41.5 Å². The molecule has 16 heavy (non-hydrogen) atoms. The van der Waals surface area contributed by atoms with Gasteiger partial charge in [-0.3, -0.25) is 4.57 Å². The van der Waals surface area contributed by atoms with Gasteiger partial charge in [0.1, 0.15) is 12.7 Å². The quantitative estimate of drug-likeness (QED) is 0.853. The van der Waals surface area contributed by atoms with Crippen LogP contribution in [0.4, 0.5) is 5.69 Å². The average Bonchev–Trinajstić information content (AvgIpc) is 2.83. The lowest BCUT2D eigenvalue weighted by molar-refractivity contribution is 0.764. The zero-order valence-corrected chi connectivity index (χ0v) is 9.59. The van der Waals surface area contributed by atoms with Gasteiger partial charge in [0, 0.05) is 11.7 Å². The molecule has 1 aromatic carbocycles. The number of aromatic nitrogens is 3. The summed E-state index contributed by atoms with van der Waals surface area (Å²) < 4.78 is 1.89. The number of nitrogens with zero attached hydrogens (tertiary/aromatic N) is 3. The fourth-order valence-electron chi connectivity index (χ4n) is 1.48. The zero-order valence-electron chi connectivity index (χ0n) is 9.59. The topological polar surface area (TPSA) is 42.7 Å². The van der Waals surface area contributed by atoms with Gasteiger partial charge in [-0.25, -0.2) is 0 Å². The molecule has 0 spiro atoms. The molecule has 1 N–H and O–H groups in total. The third-order valence-corrected chi connectivity index (χ3v) is 2.59. The summed E-state index contributed by atoms with van der Waals surface area (Å²) >= 11 is 0. The lowest BCUT2D eigenvalue weighted by Gasteiger charge is -2.13. The Morgan fingerprint density at radius 1 is 1.31 bits per heavy atom. The van der Waals surface area contributed by atoms with Crippen molar-refractivity contribution in [2.45, 2.75) is 26.3 Å². The Morgan fingerprint density at radius 2 is 2.06 bits per heavy atom. The molecule has 0 fully saturated rings. The molecule has 1 aromatic heterocycles. The number of anilines is 1. The summed E-state index contributed by atoms with van der Waals surface area (Å²) in [5, 5.41) is 11.0. The Morgan fingerprint density at radius 3 is 2.75 bits per heavy atom. The van der Waals surface area contributed by atoms with Crippen LogP contribution in [0.25, 0.3) is 5.69 Å². The van der Waals surface area contributed by atoms with Crippen LogP contribution < -0.4 is 5.32 Å². The van der Waals surface area contributed by atoms with Gasteiger partial charge < -0.3 is 5.32 Å². The third kappa shape index (κ3) is 2.39. The standard InChI is InChI=1S/C12H16N4/c1-3-10(2)15-11-5-4-6-12(7-11)16-8-13-14-9-16/h4-10,15H,3H2,1-2H3. The summed E-state index contributed by atoms with van der Waals surface area (Å²) in [6.07, 6.45) is 4.50. The van der Waals surface area contributed by atoms with E-state index in [4.69, 9.17) is 0 Å². The van der Waals surface area contributed by atoms with E-state index < -0.39 is 0 Å². The highest BCUT2D eigenvalue weighted by atomic mass is 15.2. The van der Waals surface area contributed by atoms with E-state index in [9.17, 15) is 0 Å². The molecule has 1 heterocycles. The lowest BCUT2D eigenvalue weighted by atomic mass is 10.2. The van der Waals surface area contributed by atoms with Crippen molar-refractivity contribution in [3.05, 3.63) is 36.9 Å². The van der Waals surface area contributed by atoms with Crippen molar-refractivity contribution in [3.8, 4) is 5.69 Å². The minimum absolute atomic E-state index is 0.483. The number of hydrogen-bond donors (Lipinski definition) is 1. The summed E-state index contributed by atoms with van der Waals surface area (Å²) in [7, 11) is 0. The largest absolute Gasteiger partial charge is 0.383 e. The summed E-state index contributed by atoms with van der Waals surface area (Å²) in [5.41, 5.74) is 2.19. The van der Waals surface area contributed by atoms with E-state index >= 15 is 0 Å². The van der Waals surface area contributed by atoms with Crippen molar-refractivity contribution in [1.82, 2.24) is 14.8 Å². The smallest absolute Gasteiger partial charge is 0.123 e. The van der Waals surface area contributed by atoms with Crippen LogP contribution in [-0.4, -0.2) is 20.8 Å². The molecule has 0 radical (unpaired) electrons. The van der Waals surface area contributed by atoms with Crippen molar-refractivity contribution in [3.63, 3.8) is 0 Å². The van der Waals surface area contributed by atoms with Gasteiger partial charge >= 0.3 is 0 Å². The third-order valence-electron chi connectivity index (χ3n) is 2.59.